The molecular formula is C14H18BNO3S. The van der Waals surface area contributed by atoms with Crippen LogP contribution in [0.1, 0.15) is 38.1 Å². The van der Waals surface area contributed by atoms with Gasteiger partial charge < -0.3 is 14.4 Å². The molecule has 0 aliphatic carbocycles. The molecule has 106 valence electrons. The number of thiophene rings is 1. The molecule has 1 aliphatic rings. The van der Waals surface area contributed by atoms with Gasteiger partial charge in [0, 0.05) is 0 Å². The molecule has 1 saturated heterocycles. The molecule has 2 rings (SSSR count). The summed E-state index contributed by atoms with van der Waals surface area (Å²) in [7, 11) is -0.560. The Kier molecular flexibility index (Phi) is 4.08. The molecule has 0 unspecified atom stereocenters. The molecule has 0 atom stereocenters. The quantitative estimate of drug-likeness (QED) is 0.870. The van der Waals surface area contributed by atoms with Crippen molar-refractivity contribution in [1.29, 1.82) is 5.26 Å². The average molecular weight is 291 g/mol. The lowest BCUT2D eigenvalue weighted by atomic mass is 9.78. The van der Waals surface area contributed by atoms with Crippen LogP contribution in [0.25, 0.3) is 6.08 Å². The Balaban J connectivity index is 2.24. The third-order valence-corrected chi connectivity index (χ3v) is 4.67. The van der Waals surface area contributed by atoms with E-state index >= 15 is 0 Å². The predicted molar refractivity (Wildman–Crippen MR) is 80.2 cm³/mol. The minimum absolute atomic E-state index is 0.144. The normalized spacial score (nSPS) is 21.0. The van der Waals surface area contributed by atoms with Crippen LogP contribution in [0.3, 0.4) is 0 Å². The van der Waals surface area contributed by atoms with E-state index in [2.05, 4.69) is 6.07 Å². The van der Waals surface area contributed by atoms with Crippen molar-refractivity contribution in [2.45, 2.75) is 38.9 Å². The number of hydrogen-bond donors (Lipinski definition) is 1. The summed E-state index contributed by atoms with van der Waals surface area (Å²) in [5, 5.41) is 20.3. The summed E-state index contributed by atoms with van der Waals surface area (Å²) in [6.07, 6.45) is 1.82. The molecule has 4 nitrogen and oxygen atoms in total. The Morgan fingerprint density at radius 3 is 2.45 bits per heavy atom. The lowest BCUT2D eigenvalue weighted by Crippen LogP contribution is -2.41. The van der Waals surface area contributed by atoms with Crippen LogP contribution in [-0.2, 0) is 9.31 Å². The van der Waals surface area contributed by atoms with E-state index in [0.717, 1.165) is 5.56 Å². The van der Waals surface area contributed by atoms with Gasteiger partial charge in [-0.3, -0.25) is 0 Å². The van der Waals surface area contributed by atoms with Crippen LogP contribution >= 0.6 is 11.3 Å². The maximum absolute atomic E-state index is 9.56. The molecule has 0 amide bonds. The number of nitrogens with zero attached hydrogens (tertiary/aromatic N) is 1. The fraction of sp³-hybridized carbons (Fsp3) is 0.500. The van der Waals surface area contributed by atoms with Gasteiger partial charge in [0.25, 0.3) is 0 Å². The monoisotopic (exact) mass is 291 g/mol. The Morgan fingerprint density at radius 1 is 1.40 bits per heavy atom. The van der Waals surface area contributed by atoms with Gasteiger partial charge in [-0.2, -0.15) is 5.26 Å². The first-order chi connectivity index (χ1) is 9.29. The SMILES string of the molecule is CC1(C)OB(C(=Cc2csc(C#N)c2)CO)OC1(C)C. The molecule has 1 aliphatic heterocycles. The minimum Gasteiger partial charge on any atom is -0.400 e. The molecule has 6 heteroatoms. The van der Waals surface area contributed by atoms with Crippen molar-refractivity contribution in [3.63, 3.8) is 0 Å². The van der Waals surface area contributed by atoms with Gasteiger partial charge in [0.1, 0.15) is 10.9 Å². The third kappa shape index (κ3) is 2.81. The molecule has 1 aromatic heterocycles. The maximum atomic E-state index is 9.56. The Morgan fingerprint density at radius 2 is 2.00 bits per heavy atom. The van der Waals surface area contributed by atoms with Crippen LogP contribution in [0, 0.1) is 11.3 Å². The van der Waals surface area contributed by atoms with Crippen LogP contribution in [0.4, 0.5) is 0 Å². The van der Waals surface area contributed by atoms with E-state index in [1.165, 1.54) is 11.3 Å². The van der Waals surface area contributed by atoms with E-state index in [1.807, 2.05) is 39.2 Å². The summed E-state index contributed by atoms with van der Waals surface area (Å²) >= 11 is 1.38. The van der Waals surface area contributed by atoms with E-state index in [1.54, 1.807) is 6.07 Å². The van der Waals surface area contributed by atoms with Crippen LogP contribution in [-0.4, -0.2) is 30.0 Å². The second-order valence-corrected chi connectivity index (χ2v) is 6.73. The second-order valence-electron chi connectivity index (χ2n) is 5.82. The van der Waals surface area contributed by atoms with Gasteiger partial charge in [-0.1, -0.05) is 6.08 Å². The molecule has 1 N–H and O–H groups in total. The van der Waals surface area contributed by atoms with Crippen molar-refractivity contribution in [1.82, 2.24) is 0 Å². The van der Waals surface area contributed by atoms with Crippen molar-refractivity contribution in [2.24, 2.45) is 0 Å². The highest BCUT2D eigenvalue weighted by atomic mass is 32.1. The zero-order chi connectivity index (χ0) is 15.0. The van der Waals surface area contributed by atoms with Crippen molar-refractivity contribution >= 4 is 24.5 Å². The molecule has 1 aromatic rings. The zero-order valence-corrected chi connectivity index (χ0v) is 13.0. The Hall–Kier alpha value is -1.13. The third-order valence-electron chi connectivity index (χ3n) is 3.82. The van der Waals surface area contributed by atoms with Crippen molar-refractivity contribution in [2.75, 3.05) is 6.61 Å². The van der Waals surface area contributed by atoms with E-state index in [4.69, 9.17) is 14.6 Å². The van der Waals surface area contributed by atoms with Crippen molar-refractivity contribution in [3.8, 4) is 6.07 Å². The van der Waals surface area contributed by atoms with Crippen LogP contribution in [0.2, 0.25) is 0 Å². The van der Waals surface area contributed by atoms with E-state index < -0.39 is 18.3 Å². The number of rotatable bonds is 3. The fourth-order valence-corrected chi connectivity index (χ4v) is 2.54. The summed E-state index contributed by atoms with van der Waals surface area (Å²) in [4.78, 5) is 0.641. The second kappa shape index (κ2) is 5.34. The molecule has 0 aromatic carbocycles. The average Bonchev–Trinajstić information content (AvgIpc) is 2.89. The van der Waals surface area contributed by atoms with Crippen LogP contribution < -0.4 is 0 Å². The van der Waals surface area contributed by atoms with Crippen LogP contribution in [0.15, 0.2) is 16.9 Å². The fourth-order valence-electron chi connectivity index (χ4n) is 1.88. The summed E-state index contributed by atoms with van der Waals surface area (Å²) in [6, 6.07) is 3.88. The van der Waals surface area contributed by atoms with Crippen molar-refractivity contribution in [3.05, 3.63) is 27.4 Å². The Bertz CT molecular complexity index is 555. The molecular weight excluding hydrogens is 273 g/mol. The molecule has 2 heterocycles. The van der Waals surface area contributed by atoms with E-state index in [0.29, 0.717) is 10.3 Å². The van der Waals surface area contributed by atoms with Gasteiger partial charge in [0.05, 0.1) is 17.8 Å². The first-order valence-electron chi connectivity index (χ1n) is 6.44. The smallest absolute Gasteiger partial charge is 0.400 e. The van der Waals surface area contributed by atoms with Gasteiger partial charge in [-0.15, -0.1) is 11.3 Å². The van der Waals surface area contributed by atoms with E-state index in [9.17, 15) is 5.11 Å². The Labute approximate surface area is 123 Å². The number of nitriles is 1. The zero-order valence-electron chi connectivity index (χ0n) is 12.1. The lowest BCUT2D eigenvalue weighted by molar-refractivity contribution is 0.00578. The predicted octanol–water partition coefficient (Wildman–Crippen LogP) is 2.63. The van der Waals surface area contributed by atoms with E-state index in [-0.39, 0.29) is 6.61 Å². The first-order valence-corrected chi connectivity index (χ1v) is 7.32. The van der Waals surface area contributed by atoms with Gasteiger partial charge in [-0.25, -0.2) is 0 Å². The van der Waals surface area contributed by atoms with Gasteiger partial charge in [0.15, 0.2) is 0 Å². The summed E-state index contributed by atoms with van der Waals surface area (Å²) in [6.45, 7) is 7.75. The summed E-state index contributed by atoms with van der Waals surface area (Å²) in [5.74, 6) is 0. The molecule has 0 bridgehead atoms. The number of aliphatic hydroxyl groups excluding tert-OH is 1. The molecule has 0 spiro atoms. The summed E-state index contributed by atoms with van der Waals surface area (Å²) in [5.41, 5.74) is 0.674. The highest BCUT2D eigenvalue weighted by Gasteiger charge is 2.52. The lowest BCUT2D eigenvalue weighted by Gasteiger charge is -2.32. The maximum Gasteiger partial charge on any atom is 0.492 e. The number of aliphatic hydroxyl groups is 1. The highest BCUT2D eigenvalue weighted by molar-refractivity contribution is 7.10. The largest absolute Gasteiger partial charge is 0.492 e. The molecule has 1 fully saturated rings. The summed E-state index contributed by atoms with van der Waals surface area (Å²) < 4.78 is 11.8. The highest BCUT2D eigenvalue weighted by Crippen LogP contribution is 2.38. The van der Waals surface area contributed by atoms with Gasteiger partial charge >= 0.3 is 7.12 Å². The number of hydrogen-bond acceptors (Lipinski definition) is 5. The first kappa shape index (κ1) is 15.3. The molecule has 20 heavy (non-hydrogen) atoms. The van der Waals surface area contributed by atoms with Gasteiger partial charge in [0.2, 0.25) is 0 Å². The van der Waals surface area contributed by atoms with Crippen LogP contribution in [0.5, 0.6) is 0 Å². The molecule has 0 radical (unpaired) electrons. The topological polar surface area (TPSA) is 62.5 Å². The molecule has 0 saturated carbocycles. The minimum atomic E-state index is -0.560. The van der Waals surface area contributed by atoms with Gasteiger partial charge in [-0.05, 0) is 50.2 Å². The standard InChI is InChI=1S/C14H18BNO3S/c1-13(2)14(3,4)19-15(18-13)11(8-17)5-10-6-12(7-16)20-9-10/h5-6,9,17H,8H2,1-4H3. The van der Waals surface area contributed by atoms with Crippen molar-refractivity contribution < 1.29 is 14.4 Å².